The summed E-state index contributed by atoms with van der Waals surface area (Å²) >= 11 is 0. The molecule has 1 heteroatoms. The summed E-state index contributed by atoms with van der Waals surface area (Å²) in [6.45, 7) is 7.33. The molecule has 0 bridgehead atoms. The smallest absolute Gasteiger partial charge is 0.156 e. The van der Waals surface area contributed by atoms with Crippen LogP contribution in [0.4, 0.5) is 0 Å². The van der Waals surface area contributed by atoms with Gasteiger partial charge in [-0.2, -0.15) is 0 Å². The summed E-state index contributed by atoms with van der Waals surface area (Å²) in [5.74, 6) is 2.79. The predicted molar refractivity (Wildman–Crippen MR) is 85.9 cm³/mol. The van der Waals surface area contributed by atoms with Gasteiger partial charge in [-0.15, -0.1) is 0 Å². The molecule has 4 aliphatic carbocycles. The summed E-state index contributed by atoms with van der Waals surface area (Å²) in [4.78, 5) is 11.9. The number of allylic oxidation sites excluding steroid dienone is 4. The number of ketones is 1. The largest absolute Gasteiger partial charge is 0.295 e. The molecule has 0 amide bonds. The summed E-state index contributed by atoms with van der Waals surface area (Å²) in [7, 11) is 0. The molecule has 4 rings (SSSR count). The SMILES string of the molecule is CC1=CC2=CC(=O)CC[C@]2(C)C2CCC3(C)CCCC3C12. The van der Waals surface area contributed by atoms with Gasteiger partial charge in [0.05, 0.1) is 0 Å². The van der Waals surface area contributed by atoms with Crippen LogP contribution in [-0.4, -0.2) is 5.78 Å². The maximum absolute atomic E-state index is 11.9. The van der Waals surface area contributed by atoms with Gasteiger partial charge in [0.2, 0.25) is 0 Å². The van der Waals surface area contributed by atoms with E-state index in [4.69, 9.17) is 0 Å². The molecule has 4 aliphatic rings. The van der Waals surface area contributed by atoms with E-state index in [2.05, 4.69) is 26.8 Å². The predicted octanol–water partition coefficient (Wildman–Crippen LogP) is 5.07. The van der Waals surface area contributed by atoms with Crippen molar-refractivity contribution in [1.29, 1.82) is 0 Å². The van der Waals surface area contributed by atoms with Crippen LogP contribution in [0.15, 0.2) is 23.3 Å². The Balaban J connectivity index is 1.81. The van der Waals surface area contributed by atoms with Crippen LogP contribution in [0.25, 0.3) is 0 Å². The second-order valence-electron chi connectivity index (χ2n) is 8.70. The zero-order chi connectivity index (χ0) is 14.8. The van der Waals surface area contributed by atoms with Gasteiger partial charge in [-0.05, 0) is 79.3 Å². The molecule has 5 atom stereocenters. The molecule has 4 unspecified atom stereocenters. The first kappa shape index (κ1) is 13.8. The number of hydrogen-bond donors (Lipinski definition) is 0. The third kappa shape index (κ3) is 1.79. The molecule has 0 aromatic heterocycles. The fraction of sp³-hybridized carbons (Fsp3) is 0.750. The van der Waals surface area contributed by atoms with E-state index in [9.17, 15) is 4.79 Å². The van der Waals surface area contributed by atoms with Crippen LogP contribution in [0.1, 0.15) is 65.7 Å². The second-order valence-corrected chi connectivity index (χ2v) is 8.70. The Bertz CT molecular complexity index is 554. The number of carbonyl (C=O) groups excluding carboxylic acids is 1. The van der Waals surface area contributed by atoms with Crippen molar-refractivity contribution in [3.63, 3.8) is 0 Å². The highest BCUT2D eigenvalue weighted by Crippen LogP contribution is 2.64. The molecular formula is C20H28O. The standard InChI is InChI=1S/C20H28O/c1-13-11-14-12-15(21)6-10-20(14,3)17-7-9-19(2)8-4-5-16(19)18(13)17/h11-12,16-18H,4-10H2,1-3H3/t16?,17?,18?,19?,20-/m0/s1. The maximum atomic E-state index is 11.9. The molecule has 0 N–H and O–H groups in total. The van der Waals surface area contributed by atoms with Crippen molar-refractivity contribution in [3.05, 3.63) is 23.3 Å². The third-order valence-corrected chi connectivity index (χ3v) is 7.65. The molecule has 0 aromatic carbocycles. The van der Waals surface area contributed by atoms with Crippen molar-refractivity contribution >= 4 is 5.78 Å². The second kappa shape index (κ2) is 4.33. The number of fused-ring (bicyclic) bond motifs is 5. The van der Waals surface area contributed by atoms with Gasteiger partial charge in [0, 0.05) is 6.42 Å². The van der Waals surface area contributed by atoms with Crippen LogP contribution in [0, 0.1) is 28.6 Å². The quantitative estimate of drug-likeness (QED) is 0.606. The topological polar surface area (TPSA) is 17.1 Å². The lowest BCUT2D eigenvalue weighted by Gasteiger charge is -2.56. The van der Waals surface area contributed by atoms with Crippen molar-refractivity contribution in [2.75, 3.05) is 0 Å². The Labute approximate surface area is 128 Å². The van der Waals surface area contributed by atoms with Crippen LogP contribution in [-0.2, 0) is 4.79 Å². The average Bonchev–Trinajstić information content (AvgIpc) is 2.82. The van der Waals surface area contributed by atoms with E-state index in [1.54, 1.807) is 5.57 Å². The normalized spacial score (nSPS) is 48.9. The Morgan fingerprint density at radius 2 is 1.86 bits per heavy atom. The minimum absolute atomic E-state index is 0.266. The lowest BCUT2D eigenvalue weighted by atomic mass is 9.48. The molecule has 1 nitrogen and oxygen atoms in total. The summed E-state index contributed by atoms with van der Waals surface area (Å²) in [6.07, 6.45) is 13.3. The zero-order valence-electron chi connectivity index (χ0n) is 13.7. The summed E-state index contributed by atoms with van der Waals surface area (Å²) in [5.41, 5.74) is 3.77. The Kier molecular flexibility index (Phi) is 2.85. The third-order valence-electron chi connectivity index (χ3n) is 7.65. The summed E-state index contributed by atoms with van der Waals surface area (Å²) < 4.78 is 0. The molecule has 0 aromatic rings. The zero-order valence-corrected chi connectivity index (χ0v) is 13.7. The van der Waals surface area contributed by atoms with Gasteiger partial charge in [-0.1, -0.05) is 31.9 Å². The minimum Gasteiger partial charge on any atom is -0.295 e. The van der Waals surface area contributed by atoms with E-state index in [-0.39, 0.29) is 5.41 Å². The molecule has 0 radical (unpaired) electrons. The van der Waals surface area contributed by atoms with Crippen molar-refractivity contribution in [2.24, 2.45) is 28.6 Å². The van der Waals surface area contributed by atoms with Gasteiger partial charge in [0.1, 0.15) is 0 Å². The first-order valence-electron chi connectivity index (χ1n) is 8.87. The van der Waals surface area contributed by atoms with Crippen LogP contribution in [0.3, 0.4) is 0 Å². The van der Waals surface area contributed by atoms with Gasteiger partial charge < -0.3 is 0 Å². The van der Waals surface area contributed by atoms with E-state index in [0.717, 1.165) is 30.6 Å². The Hall–Kier alpha value is -0.850. The highest BCUT2D eigenvalue weighted by molar-refractivity contribution is 5.92. The van der Waals surface area contributed by atoms with Crippen LogP contribution in [0.2, 0.25) is 0 Å². The summed E-state index contributed by atoms with van der Waals surface area (Å²) in [6, 6.07) is 0. The van der Waals surface area contributed by atoms with E-state index in [0.29, 0.717) is 11.2 Å². The number of carbonyl (C=O) groups is 1. The monoisotopic (exact) mass is 284 g/mol. The van der Waals surface area contributed by atoms with Gasteiger partial charge in [-0.3, -0.25) is 4.79 Å². The molecule has 0 heterocycles. The van der Waals surface area contributed by atoms with Gasteiger partial charge in [-0.25, -0.2) is 0 Å². The maximum Gasteiger partial charge on any atom is 0.156 e. The van der Waals surface area contributed by atoms with E-state index >= 15 is 0 Å². The molecule has 0 spiro atoms. The van der Waals surface area contributed by atoms with Crippen molar-refractivity contribution in [1.82, 2.24) is 0 Å². The molecule has 2 fully saturated rings. The molecule has 0 aliphatic heterocycles. The lowest BCUT2D eigenvalue weighted by molar-refractivity contribution is -0.116. The van der Waals surface area contributed by atoms with Crippen molar-refractivity contribution < 1.29 is 4.79 Å². The fourth-order valence-electron chi connectivity index (χ4n) is 6.36. The van der Waals surface area contributed by atoms with Crippen LogP contribution in [0.5, 0.6) is 0 Å². The Morgan fingerprint density at radius 1 is 1.05 bits per heavy atom. The minimum atomic E-state index is 0.266. The summed E-state index contributed by atoms with van der Waals surface area (Å²) in [5, 5.41) is 0. The molecule has 0 saturated heterocycles. The fourth-order valence-corrected chi connectivity index (χ4v) is 6.36. The van der Waals surface area contributed by atoms with Crippen molar-refractivity contribution in [3.8, 4) is 0 Å². The van der Waals surface area contributed by atoms with Crippen LogP contribution >= 0.6 is 0 Å². The highest BCUT2D eigenvalue weighted by Gasteiger charge is 2.56. The average molecular weight is 284 g/mol. The molecule has 21 heavy (non-hydrogen) atoms. The van der Waals surface area contributed by atoms with Crippen molar-refractivity contribution in [2.45, 2.75) is 65.7 Å². The van der Waals surface area contributed by atoms with E-state index in [1.165, 1.54) is 37.7 Å². The van der Waals surface area contributed by atoms with Gasteiger partial charge >= 0.3 is 0 Å². The number of hydrogen-bond acceptors (Lipinski definition) is 1. The highest BCUT2D eigenvalue weighted by atomic mass is 16.1. The van der Waals surface area contributed by atoms with E-state index in [1.807, 2.05) is 6.08 Å². The lowest BCUT2D eigenvalue weighted by Crippen LogP contribution is -2.48. The molecule has 114 valence electrons. The first-order chi connectivity index (χ1) is 9.94. The molecule has 2 saturated carbocycles. The van der Waals surface area contributed by atoms with Gasteiger partial charge in [0.25, 0.3) is 0 Å². The first-order valence-corrected chi connectivity index (χ1v) is 8.87. The van der Waals surface area contributed by atoms with E-state index < -0.39 is 0 Å². The van der Waals surface area contributed by atoms with Gasteiger partial charge in [0.15, 0.2) is 5.78 Å². The number of rotatable bonds is 0. The molecular weight excluding hydrogens is 256 g/mol. The van der Waals surface area contributed by atoms with Crippen LogP contribution < -0.4 is 0 Å². The Morgan fingerprint density at radius 3 is 2.67 bits per heavy atom.